The van der Waals surface area contributed by atoms with Crippen LogP contribution in [0.25, 0.3) is 5.69 Å². The molecule has 3 atom stereocenters. The fourth-order valence-electron chi connectivity index (χ4n) is 4.00. The van der Waals surface area contributed by atoms with Gasteiger partial charge in [-0.15, -0.1) is 0 Å². The Morgan fingerprint density at radius 1 is 0.962 bits per heavy atom. The van der Waals surface area contributed by atoms with Crippen molar-refractivity contribution in [3.63, 3.8) is 0 Å². The maximum absolute atomic E-state index is 12.5. The van der Waals surface area contributed by atoms with Crippen LogP contribution < -0.4 is 11.1 Å². The number of pyridine rings is 1. The van der Waals surface area contributed by atoms with E-state index in [9.17, 15) is 9.59 Å². The quantitative estimate of drug-likeness (QED) is 0.655. The van der Waals surface area contributed by atoms with Crippen LogP contribution in [0.5, 0.6) is 0 Å². The van der Waals surface area contributed by atoms with Crippen LogP contribution in [-0.2, 0) is 6.54 Å². The third-order valence-electron chi connectivity index (χ3n) is 5.49. The molecule has 0 spiro atoms. The Hall–Kier alpha value is -3.03. The highest BCUT2D eigenvalue weighted by Gasteiger charge is 2.46. The third-order valence-corrected chi connectivity index (χ3v) is 5.49. The molecule has 0 amide bonds. The Morgan fingerprint density at radius 2 is 1.73 bits per heavy atom. The van der Waals surface area contributed by atoms with Gasteiger partial charge in [0.25, 0.3) is 0 Å². The maximum atomic E-state index is 12.5. The Kier molecular flexibility index (Phi) is 3.37. The predicted octanol–water partition coefficient (Wildman–Crippen LogP) is 1.00. The predicted molar refractivity (Wildman–Crippen MR) is 93.1 cm³/mol. The lowest BCUT2D eigenvalue weighted by Gasteiger charge is -2.16. The van der Waals surface area contributed by atoms with Gasteiger partial charge in [-0.05, 0) is 43.2 Å². The fraction of sp³-hybridized carbons (Fsp3) is 0.389. The summed E-state index contributed by atoms with van der Waals surface area (Å²) < 4.78 is 3.05. The highest BCUT2D eigenvalue weighted by atomic mass is 16.2. The Balaban J connectivity index is 1.38. The van der Waals surface area contributed by atoms with Gasteiger partial charge in [0.1, 0.15) is 5.69 Å². The number of fused-ring (bicyclic) bond motifs is 1. The minimum absolute atomic E-state index is 0.188. The summed E-state index contributed by atoms with van der Waals surface area (Å²) in [5.74, 6) is 1.53. The van der Waals surface area contributed by atoms with E-state index >= 15 is 0 Å². The standard InChI is InChI=1S/C18H18N6O2/c25-17-18(26)23(16-8-12-7-13(12)9-16)6-5-22(17)11-14-1-2-15(10-19-14)24-20-3-4-21-24/h1-6,10,12-13,16H,7-9,11H2/t12-,13+,16?. The molecule has 2 aliphatic carbocycles. The van der Waals surface area contributed by atoms with E-state index < -0.39 is 11.1 Å². The van der Waals surface area contributed by atoms with Gasteiger partial charge in [0.15, 0.2) is 0 Å². The second-order valence-electron chi connectivity index (χ2n) is 7.15. The van der Waals surface area contributed by atoms with Crippen molar-refractivity contribution < 1.29 is 0 Å². The average molecular weight is 350 g/mol. The summed E-state index contributed by atoms with van der Waals surface area (Å²) in [5, 5.41) is 8.10. The van der Waals surface area contributed by atoms with Crippen LogP contribution in [-0.4, -0.2) is 29.1 Å². The fourth-order valence-corrected chi connectivity index (χ4v) is 4.00. The molecule has 0 bridgehead atoms. The van der Waals surface area contributed by atoms with Gasteiger partial charge in [0, 0.05) is 18.4 Å². The second-order valence-corrected chi connectivity index (χ2v) is 7.15. The van der Waals surface area contributed by atoms with Crippen LogP contribution in [0.15, 0.2) is 52.7 Å². The number of rotatable bonds is 4. The minimum Gasteiger partial charge on any atom is -0.306 e. The molecule has 132 valence electrons. The van der Waals surface area contributed by atoms with Crippen LogP contribution in [0.2, 0.25) is 0 Å². The summed E-state index contributed by atoms with van der Waals surface area (Å²) >= 11 is 0. The first-order valence-electron chi connectivity index (χ1n) is 8.82. The van der Waals surface area contributed by atoms with Crippen molar-refractivity contribution in [2.24, 2.45) is 11.8 Å². The van der Waals surface area contributed by atoms with E-state index in [-0.39, 0.29) is 12.6 Å². The van der Waals surface area contributed by atoms with Crippen molar-refractivity contribution in [1.82, 2.24) is 29.1 Å². The third kappa shape index (κ3) is 2.58. The van der Waals surface area contributed by atoms with E-state index in [0.29, 0.717) is 5.69 Å². The van der Waals surface area contributed by atoms with Crippen molar-refractivity contribution in [2.75, 3.05) is 0 Å². The molecule has 0 aromatic carbocycles. The first-order chi connectivity index (χ1) is 12.7. The first-order valence-corrected chi connectivity index (χ1v) is 8.82. The largest absolute Gasteiger partial charge is 0.316 e. The number of hydrogen-bond acceptors (Lipinski definition) is 5. The average Bonchev–Trinajstić information content (AvgIpc) is 3.05. The van der Waals surface area contributed by atoms with Gasteiger partial charge in [0.2, 0.25) is 0 Å². The molecule has 0 aliphatic heterocycles. The molecule has 3 aromatic heterocycles. The molecule has 0 saturated heterocycles. The number of nitrogens with zero attached hydrogens (tertiary/aromatic N) is 6. The maximum Gasteiger partial charge on any atom is 0.316 e. The summed E-state index contributed by atoms with van der Waals surface area (Å²) in [7, 11) is 0. The molecule has 3 heterocycles. The SMILES string of the molecule is O=c1c(=O)n(C2C[C@@H]3C[C@@H]3C2)ccn1Cc1ccc(-n2nccn2)cn1. The molecule has 0 radical (unpaired) electrons. The van der Waals surface area contributed by atoms with Crippen molar-refractivity contribution in [3.05, 3.63) is 69.5 Å². The molecule has 26 heavy (non-hydrogen) atoms. The van der Waals surface area contributed by atoms with Crippen LogP contribution >= 0.6 is 0 Å². The van der Waals surface area contributed by atoms with Gasteiger partial charge in [-0.2, -0.15) is 15.0 Å². The molecule has 5 rings (SSSR count). The van der Waals surface area contributed by atoms with Crippen LogP contribution in [0, 0.1) is 11.8 Å². The molecule has 8 heteroatoms. The summed E-state index contributed by atoms with van der Waals surface area (Å²) in [6.07, 6.45) is 11.6. The highest BCUT2D eigenvalue weighted by molar-refractivity contribution is 5.26. The highest BCUT2D eigenvalue weighted by Crippen LogP contribution is 2.55. The zero-order valence-electron chi connectivity index (χ0n) is 14.1. The molecule has 2 fully saturated rings. The zero-order valence-corrected chi connectivity index (χ0v) is 14.1. The van der Waals surface area contributed by atoms with E-state index in [0.717, 1.165) is 30.4 Å². The number of hydrogen-bond donors (Lipinski definition) is 0. The zero-order chi connectivity index (χ0) is 17.7. The van der Waals surface area contributed by atoms with Gasteiger partial charge < -0.3 is 9.13 Å². The van der Waals surface area contributed by atoms with Crippen LogP contribution in [0.3, 0.4) is 0 Å². The molecular formula is C18H18N6O2. The lowest BCUT2D eigenvalue weighted by molar-refractivity contribution is 0.445. The summed E-state index contributed by atoms with van der Waals surface area (Å²) in [4.78, 5) is 30.8. The number of aromatic nitrogens is 6. The summed E-state index contributed by atoms with van der Waals surface area (Å²) in [6.45, 7) is 0.262. The van der Waals surface area contributed by atoms with E-state index in [2.05, 4.69) is 15.2 Å². The van der Waals surface area contributed by atoms with Crippen molar-refractivity contribution in [1.29, 1.82) is 0 Å². The first kappa shape index (κ1) is 15.2. The van der Waals surface area contributed by atoms with Crippen molar-refractivity contribution >= 4 is 0 Å². The van der Waals surface area contributed by atoms with Crippen molar-refractivity contribution in [2.45, 2.75) is 31.8 Å². The smallest absolute Gasteiger partial charge is 0.306 e. The van der Waals surface area contributed by atoms with Gasteiger partial charge in [-0.1, -0.05) is 0 Å². The van der Waals surface area contributed by atoms with E-state index in [1.54, 1.807) is 41.6 Å². The topological polar surface area (TPSA) is 87.6 Å². The Bertz CT molecular complexity index is 1040. The minimum atomic E-state index is -0.493. The van der Waals surface area contributed by atoms with E-state index in [1.807, 2.05) is 6.07 Å². The van der Waals surface area contributed by atoms with Crippen LogP contribution in [0.4, 0.5) is 0 Å². The van der Waals surface area contributed by atoms with Gasteiger partial charge in [-0.3, -0.25) is 14.6 Å². The summed E-state index contributed by atoms with van der Waals surface area (Å²) in [5.41, 5.74) is 0.507. The second kappa shape index (κ2) is 5.76. The normalized spacial score (nSPS) is 23.8. The lowest BCUT2D eigenvalue weighted by Crippen LogP contribution is -2.42. The van der Waals surface area contributed by atoms with E-state index in [1.165, 1.54) is 15.8 Å². The molecule has 3 aromatic rings. The van der Waals surface area contributed by atoms with Gasteiger partial charge in [-0.25, -0.2) is 0 Å². The van der Waals surface area contributed by atoms with Crippen molar-refractivity contribution in [3.8, 4) is 5.69 Å². The van der Waals surface area contributed by atoms with Gasteiger partial charge >= 0.3 is 11.1 Å². The van der Waals surface area contributed by atoms with Crippen LogP contribution in [0.1, 0.15) is 31.0 Å². The summed E-state index contributed by atoms with van der Waals surface area (Å²) in [6, 6.07) is 3.83. The molecule has 2 saturated carbocycles. The van der Waals surface area contributed by atoms with Gasteiger partial charge in [0.05, 0.1) is 30.8 Å². The Labute approximate surface area is 148 Å². The van der Waals surface area contributed by atoms with E-state index in [4.69, 9.17) is 0 Å². The molecular weight excluding hydrogens is 332 g/mol. The lowest BCUT2D eigenvalue weighted by atomic mass is 10.1. The molecule has 0 N–H and O–H groups in total. The molecule has 1 unspecified atom stereocenters. The molecule has 8 nitrogen and oxygen atoms in total. The monoisotopic (exact) mass is 350 g/mol. The molecule has 2 aliphatic rings. The Morgan fingerprint density at radius 3 is 2.42 bits per heavy atom.